The average Bonchev–Trinajstić information content (AvgIpc) is 2.75. The minimum Gasteiger partial charge on any atom is -0.277 e. The van der Waals surface area contributed by atoms with Crippen LogP contribution in [0.5, 0.6) is 0 Å². The lowest BCUT2D eigenvalue weighted by Crippen LogP contribution is -2.26. The largest absolute Gasteiger partial charge is 0.277 e. The molecule has 0 spiro atoms. The van der Waals surface area contributed by atoms with E-state index in [1.165, 1.54) is 0 Å². The van der Waals surface area contributed by atoms with Crippen molar-refractivity contribution in [1.82, 2.24) is 4.98 Å². The summed E-state index contributed by atoms with van der Waals surface area (Å²) >= 11 is 0. The van der Waals surface area contributed by atoms with Crippen molar-refractivity contribution in [2.24, 2.45) is 9.98 Å². The molecule has 3 nitrogen and oxygen atoms in total. The van der Waals surface area contributed by atoms with Crippen LogP contribution in [0.3, 0.4) is 0 Å². The van der Waals surface area contributed by atoms with Crippen molar-refractivity contribution >= 4 is 11.4 Å². The summed E-state index contributed by atoms with van der Waals surface area (Å²) in [7, 11) is 0. The summed E-state index contributed by atoms with van der Waals surface area (Å²) in [5.74, 6) is 0. The Kier molecular flexibility index (Phi) is 6.23. The molecule has 2 unspecified atom stereocenters. The molecule has 2 aliphatic rings. The van der Waals surface area contributed by atoms with Gasteiger partial charge in [0.05, 0.1) is 33.9 Å². The van der Waals surface area contributed by atoms with E-state index in [1.807, 2.05) is 12.1 Å². The zero-order valence-electron chi connectivity index (χ0n) is 17.5. The fourth-order valence-electron chi connectivity index (χ4n) is 3.78. The lowest BCUT2D eigenvalue weighted by atomic mass is 9.89. The summed E-state index contributed by atoms with van der Waals surface area (Å²) in [5.41, 5.74) is 3.50. The van der Waals surface area contributed by atoms with Gasteiger partial charge in [-0.05, 0) is 51.7 Å². The topological polar surface area (TPSA) is 37.6 Å². The van der Waals surface area contributed by atoms with Gasteiger partial charge in [-0.25, -0.2) is 4.98 Å². The number of nitrogens with zero attached hydrogens (tertiary/aromatic N) is 3. The van der Waals surface area contributed by atoms with Crippen LogP contribution in [0, 0.1) is 0 Å². The predicted molar refractivity (Wildman–Crippen MR) is 120 cm³/mol. The molecule has 0 bridgehead atoms. The Hall–Kier alpha value is -2.55. The number of rotatable bonds is 6. The minimum absolute atomic E-state index is 0.148. The summed E-state index contributed by atoms with van der Waals surface area (Å²) in [4.78, 5) is 15.0. The molecule has 0 aliphatic heterocycles. The maximum atomic E-state index is 5.06. The molecule has 3 heteroatoms. The highest BCUT2D eigenvalue weighted by molar-refractivity contribution is 6.01. The van der Waals surface area contributed by atoms with Crippen LogP contribution in [0.25, 0.3) is 0 Å². The molecule has 3 rings (SSSR count). The standard InChI is InChI=1S/C25H31N3/c1-5-24(16-9-7-10-17-24)27-20(3)22-14-13-15-23(26-22)21(4)28-25(6-2)18-11-8-12-19-25/h7-16,18H,5-6,17,19H2,1-4H3. The van der Waals surface area contributed by atoms with E-state index in [2.05, 4.69) is 82.4 Å². The molecule has 0 radical (unpaired) electrons. The van der Waals surface area contributed by atoms with Gasteiger partial charge in [-0.2, -0.15) is 0 Å². The first-order valence-electron chi connectivity index (χ1n) is 10.3. The third-order valence-corrected chi connectivity index (χ3v) is 5.75. The molecule has 1 aromatic rings. The van der Waals surface area contributed by atoms with Gasteiger partial charge in [0.2, 0.25) is 0 Å². The van der Waals surface area contributed by atoms with Crippen molar-refractivity contribution in [1.29, 1.82) is 0 Å². The van der Waals surface area contributed by atoms with Crippen molar-refractivity contribution in [2.75, 3.05) is 0 Å². The van der Waals surface area contributed by atoms with Crippen LogP contribution in [0.15, 0.2) is 76.8 Å². The van der Waals surface area contributed by atoms with E-state index in [-0.39, 0.29) is 11.1 Å². The van der Waals surface area contributed by atoms with Crippen molar-refractivity contribution < 1.29 is 0 Å². The van der Waals surface area contributed by atoms with E-state index in [9.17, 15) is 0 Å². The molecule has 28 heavy (non-hydrogen) atoms. The van der Waals surface area contributed by atoms with Crippen molar-refractivity contribution in [2.45, 2.75) is 64.5 Å². The fraction of sp³-hybridized carbons (Fsp3) is 0.400. The van der Waals surface area contributed by atoms with Crippen LogP contribution in [0.2, 0.25) is 0 Å². The third kappa shape index (κ3) is 4.46. The number of allylic oxidation sites excluding steroid dienone is 4. The normalized spacial score (nSPS) is 27.4. The molecule has 0 saturated heterocycles. The fourth-order valence-corrected chi connectivity index (χ4v) is 3.78. The van der Waals surface area contributed by atoms with E-state index in [0.29, 0.717) is 0 Å². The Morgan fingerprint density at radius 2 is 1.29 bits per heavy atom. The maximum absolute atomic E-state index is 5.06. The Bertz CT molecular complexity index is 816. The van der Waals surface area contributed by atoms with Gasteiger partial charge in [-0.3, -0.25) is 9.98 Å². The summed E-state index contributed by atoms with van der Waals surface area (Å²) in [5, 5.41) is 0. The molecule has 2 atom stereocenters. The van der Waals surface area contributed by atoms with Crippen LogP contribution >= 0.6 is 0 Å². The number of hydrogen-bond donors (Lipinski definition) is 0. The second-order valence-electron chi connectivity index (χ2n) is 7.70. The monoisotopic (exact) mass is 373 g/mol. The Balaban J connectivity index is 1.89. The molecule has 1 aromatic heterocycles. The first-order valence-corrected chi connectivity index (χ1v) is 10.3. The lowest BCUT2D eigenvalue weighted by Gasteiger charge is -2.27. The number of pyridine rings is 1. The van der Waals surface area contributed by atoms with E-state index in [0.717, 1.165) is 48.5 Å². The van der Waals surface area contributed by atoms with Gasteiger partial charge in [0.1, 0.15) is 0 Å². The molecule has 0 aromatic carbocycles. The molecular weight excluding hydrogens is 342 g/mol. The molecule has 0 amide bonds. The first kappa shape index (κ1) is 20.2. The maximum Gasteiger partial charge on any atom is 0.0845 e. The molecule has 1 heterocycles. The predicted octanol–water partition coefficient (Wildman–Crippen LogP) is 6.03. The second-order valence-corrected chi connectivity index (χ2v) is 7.70. The van der Waals surface area contributed by atoms with Crippen LogP contribution in [-0.4, -0.2) is 27.5 Å². The zero-order valence-corrected chi connectivity index (χ0v) is 17.5. The average molecular weight is 374 g/mol. The molecule has 0 N–H and O–H groups in total. The highest BCUT2D eigenvalue weighted by atomic mass is 14.9. The van der Waals surface area contributed by atoms with Crippen LogP contribution < -0.4 is 0 Å². The number of hydrogen-bond acceptors (Lipinski definition) is 3. The van der Waals surface area contributed by atoms with E-state index in [4.69, 9.17) is 15.0 Å². The molecule has 0 saturated carbocycles. The van der Waals surface area contributed by atoms with Gasteiger partial charge >= 0.3 is 0 Å². The summed E-state index contributed by atoms with van der Waals surface area (Å²) < 4.78 is 0. The van der Waals surface area contributed by atoms with Gasteiger partial charge in [-0.15, -0.1) is 0 Å². The number of aromatic nitrogens is 1. The minimum atomic E-state index is -0.148. The summed E-state index contributed by atoms with van der Waals surface area (Å²) in [6.07, 6.45) is 21.0. The van der Waals surface area contributed by atoms with Crippen LogP contribution in [0.1, 0.15) is 64.8 Å². The highest BCUT2D eigenvalue weighted by Gasteiger charge is 2.25. The lowest BCUT2D eigenvalue weighted by molar-refractivity contribution is 0.516. The zero-order chi connectivity index (χ0) is 20.0. The molecular formula is C25H31N3. The third-order valence-electron chi connectivity index (χ3n) is 5.75. The van der Waals surface area contributed by atoms with Gasteiger partial charge < -0.3 is 0 Å². The Morgan fingerprint density at radius 3 is 1.64 bits per heavy atom. The number of aliphatic imine (C=N–C) groups is 2. The van der Waals surface area contributed by atoms with Gasteiger partial charge in [-0.1, -0.05) is 68.5 Å². The quantitative estimate of drug-likeness (QED) is 0.561. The SMILES string of the molecule is CCC1(N=C(C)c2cccc(C(C)=NC3(CC)C=CC=CC3)n2)C=CC=CC1. The van der Waals surface area contributed by atoms with Gasteiger partial charge in [0, 0.05) is 0 Å². The summed E-state index contributed by atoms with van der Waals surface area (Å²) in [6.45, 7) is 8.50. The van der Waals surface area contributed by atoms with Crippen LogP contribution in [-0.2, 0) is 0 Å². The van der Waals surface area contributed by atoms with Crippen LogP contribution in [0.4, 0.5) is 0 Å². The van der Waals surface area contributed by atoms with Crippen molar-refractivity contribution in [3.05, 3.63) is 78.2 Å². The Labute approximate surface area is 169 Å². The molecule has 146 valence electrons. The summed E-state index contributed by atoms with van der Waals surface area (Å²) in [6, 6.07) is 6.14. The molecule has 0 fully saturated rings. The van der Waals surface area contributed by atoms with Gasteiger partial charge in [0.25, 0.3) is 0 Å². The van der Waals surface area contributed by atoms with Gasteiger partial charge in [0.15, 0.2) is 0 Å². The van der Waals surface area contributed by atoms with E-state index in [1.54, 1.807) is 0 Å². The Morgan fingerprint density at radius 1 is 0.821 bits per heavy atom. The van der Waals surface area contributed by atoms with Crippen molar-refractivity contribution in [3.63, 3.8) is 0 Å². The van der Waals surface area contributed by atoms with E-state index < -0.39 is 0 Å². The van der Waals surface area contributed by atoms with E-state index >= 15 is 0 Å². The molecule has 2 aliphatic carbocycles. The highest BCUT2D eigenvalue weighted by Crippen LogP contribution is 2.28. The smallest absolute Gasteiger partial charge is 0.0845 e. The first-order chi connectivity index (χ1) is 13.5. The van der Waals surface area contributed by atoms with Crippen molar-refractivity contribution in [3.8, 4) is 0 Å². The second kappa shape index (κ2) is 8.64.